The molecule has 65 heavy (non-hydrogen) atoms. The van der Waals surface area contributed by atoms with Crippen molar-refractivity contribution in [1.29, 1.82) is 0 Å². The average Bonchev–Trinajstić information content (AvgIpc) is 3.68. The van der Waals surface area contributed by atoms with E-state index in [1.54, 1.807) is 0 Å². The molecular weight excluding hydrogens is 787 g/mol. The van der Waals surface area contributed by atoms with Crippen LogP contribution in [0.1, 0.15) is 22.3 Å². The van der Waals surface area contributed by atoms with Crippen molar-refractivity contribution >= 4 is 32.3 Å². The van der Waals surface area contributed by atoms with Crippen molar-refractivity contribution in [2.75, 3.05) is 0 Å². The first-order chi connectivity index (χ1) is 32.2. The van der Waals surface area contributed by atoms with Gasteiger partial charge in [-0.1, -0.05) is 218 Å². The van der Waals surface area contributed by atoms with Gasteiger partial charge in [-0.05, 0) is 106 Å². The fraction of sp³-hybridized carbons (Fsp3) is 0.0161. The fourth-order valence-corrected chi connectivity index (χ4v) is 10.6. The Labute approximate surface area is 377 Å². The number of fused-ring (bicyclic) bond motifs is 3. The molecule has 0 unspecified atom stereocenters. The Morgan fingerprint density at radius 1 is 0.262 bits per heavy atom. The van der Waals surface area contributed by atoms with Gasteiger partial charge >= 0.3 is 0 Å². The SMILES string of the molecule is c1ccc(-c2nc(-c3ccccc3)nc(-c3cccc(-c4ccc5c(c4)C(c4ccccc4)(c4ccccc4)c4cc(-c6ccc7ccc8cccc9ccc6c7c89)ccc4-5)c3)n2)cc1. The largest absolute Gasteiger partial charge is 0.208 e. The molecule has 13 rings (SSSR count). The van der Waals surface area contributed by atoms with Gasteiger partial charge < -0.3 is 0 Å². The second-order valence-electron chi connectivity index (χ2n) is 17.1. The van der Waals surface area contributed by atoms with Crippen molar-refractivity contribution in [3.63, 3.8) is 0 Å². The molecule has 0 N–H and O–H groups in total. The van der Waals surface area contributed by atoms with Gasteiger partial charge in [-0.15, -0.1) is 0 Å². The van der Waals surface area contributed by atoms with E-state index in [0.717, 1.165) is 27.8 Å². The van der Waals surface area contributed by atoms with Crippen LogP contribution >= 0.6 is 0 Å². The lowest BCUT2D eigenvalue weighted by Crippen LogP contribution is -2.28. The molecule has 0 spiro atoms. The van der Waals surface area contributed by atoms with Crippen molar-refractivity contribution < 1.29 is 0 Å². The molecule has 0 atom stereocenters. The molecule has 11 aromatic carbocycles. The predicted octanol–water partition coefficient (Wildman–Crippen LogP) is 15.5. The van der Waals surface area contributed by atoms with Crippen LogP contribution in [0.15, 0.2) is 237 Å². The van der Waals surface area contributed by atoms with Gasteiger partial charge in [0.2, 0.25) is 0 Å². The summed E-state index contributed by atoms with van der Waals surface area (Å²) < 4.78 is 0. The van der Waals surface area contributed by atoms with E-state index in [-0.39, 0.29) is 0 Å². The van der Waals surface area contributed by atoms with Crippen molar-refractivity contribution in [2.24, 2.45) is 0 Å². The average molecular weight is 826 g/mol. The Hall–Kier alpha value is -8.53. The lowest BCUT2D eigenvalue weighted by Gasteiger charge is -2.34. The van der Waals surface area contributed by atoms with Crippen LogP contribution in [0.5, 0.6) is 0 Å². The van der Waals surface area contributed by atoms with Gasteiger partial charge in [0, 0.05) is 16.7 Å². The molecule has 12 aromatic rings. The lowest BCUT2D eigenvalue weighted by atomic mass is 9.67. The first kappa shape index (κ1) is 37.1. The Bertz CT molecular complexity index is 3640. The first-order valence-electron chi connectivity index (χ1n) is 22.3. The highest BCUT2D eigenvalue weighted by Crippen LogP contribution is 2.58. The molecule has 1 heterocycles. The lowest BCUT2D eigenvalue weighted by molar-refractivity contribution is 0.769. The Balaban J connectivity index is 1.000. The Morgan fingerprint density at radius 2 is 0.677 bits per heavy atom. The van der Waals surface area contributed by atoms with E-state index >= 15 is 0 Å². The molecule has 302 valence electrons. The van der Waals surface area contributed by atoms with E-state index < -0.39 is 5.41 Å². The summed E-state index contributed by atoms with van der Waals surface area (Å²) in [7, 11) is 0. The fourth-order valence-electron chi connectivity index (χ4n) is 10.6. The third-order valence-electron chi connectivity index (χ3n) is 13.5. The van der Waals surface area contributed by atoms with Crippen LogP contribution in [0.25, 0.3) is 99.9 Å². The normalized spacial score (nSPS) is 12.7. The van der Waals surface area contributed by atoms with Crippen LogP contribution in [0.2, 0.25) is 0 Å². The van der Waals surface area contributed by atoms with Gasteiger partial charge in [0.05, 0.1) is 5.41 Å². The molecule has 0 bridgehead atoms. The predicted molar refractivity (Wildman–Crippen MR) is 268 cm³/mol. The molecule has 0 aliphatic heterocycles. The maximum atomic E-state index is 5.08. The third kappa shape index (κ3) is 5.86. The second kappa shape index (κ2) is 14.8. The Morgan fingerprint density at radius 3 is 1.28 bits per heavy atom. The van der Waals surface area contributed by atoms with Crippen LogP contribution in [0.3, 0.4) is 0 Å². The summed E-state index contributed by atoms with van der Waals surface area (Å²) in [5.74, 6) is 1.93. The molecule has 1 aromatic heterocycles. The summed E-state index contributed by atoms with van der Waals surface area (Å²) in [5.41, 5.74) is 14.4. The summed E-state index contributed by atoms with van der Waals surface area (Å²) in [6, 6.07) is 85.7. The highest BCUT2D eigenvalue weighted by molar-refractivity contribution is 6.25. The zero-order chi connectivity index (χ0) is 42.9. The van der Waals surface area contributed by atoms with Crippen LogP contribution < -0.4 is 0 Å². The molecule has 0 saturated carbocycles. The number of aromatic nitrogens is 3. The van der Waals surface area contributed by atoms with Crippen molar-refractivity contribution in [2.45, 2.75) is 5.41 Å². The number of hydrogen-bond donors (Lipinski definition) is 0. The second-order valence-corrected chi connectivity index (χ2v) is 17.1. The van der Waals surface area contributed by atoms with Crippen molar-refractivity contribution in [3.8, 4) is 67.5 Å². The molecule has 3 nitrogen and oxygen atoms in total. The maximum absolute atomic E-state index is 5.08. The van der Waals surface area contributed by atoms with Gasteiger partial charge in [-0.3, -0.25) is 0 Å². The third-order valence-corrected chi connectivity index (χ3v) is 13.5. The molecule has 0 fully saturated rings. The minimum atomic E-state index is -0.593. The number of benzene rings is 11. The highest BCUT2D eigenvalue weighted by Gasteiger charge is 2.46. The van der Waals surface area contributed by atoms with Crippen LogP contribution in [0, 0.1) is 0 Å². The molecule has 0 amide bonds. The summed E-state index contributed by atoms with van der Waals surface area (Å²) >= 11 is 0. The first-order valence-corrected chi connectivity index (χ1v) is 22.3. The van der Waals surface area contributed by atoms with E-state index in [4.69, 9.17) is 15.0 Å². The van der Waals surface area contributed by atoms with E-state index in [1.807, 2.05) is 60.7 Å². The van der Waals surface area contributed by atoms with E-state index in [1.165, 1.54) is 76.8 Å². The standard InChI is InChI=1S/C62H39N3/c1-5-15-43(16-6-1)59-63-60(44-17-7-2-8-18-44)65-61(64-59)48-22-14-21-45(37-48)46-31-34-52-53-35-32-47(51-33-29-42-28-27-40-19-13-20-41-30-36-54(51)58(42)57(40)41)39-56(53)62(55(52)38-46,49-23-9-3-10-24-49)50-25-11-4-12-26-50/h1-39H. The summed E-state index contributed by atoms with van der Waals surface area (Å²) in [5, 5.41) is 7.76. The highest BCUT2D eigenvalue weighted by atomic mass is 15.0. The molecular formula is C62H39N3. The molecule has 0 saturated heterocycles. The van der Waals surface area contributed by atoms with Crippen LogP contribution in [-0.4, -0.2) is 15.0 Å². The minimum absolute atomic E-state index is 0.593. The quantitative estimate of drug-likeness (QED) is 0.150. The smallest absolute Gasteiger partial charge is 0.164 e. The summed E-state index contributed by atoms with van der Waals surface area (Å²) in [4.78, 5) is 15.1. The van der Waals surface area contributed by atoms with Gasteiger partial charge in [0.25, 0.3) is 0 Å². The number of nitrogens with zero attached hydrogens (tertiary/aromatic N) is 3. The van der Waals surface area contributed by atoms with E-state index in [9.17, 15) is 0 Å². The van der Waals surface area contributed by atoms with Gasteiger partial charge in [-0.2, -0.15) is 0 Å². The van der Waals surface area contributed by atoms with Gasteiger partial charge in [0.15, 0.2) is 17.5 Å². The van der Waals surface area contributed by atoms with Crippen LogP contribution in [-0.2, 0) is 5.41 Å². The zero-order valence-electron chi connectivity index (χ0n) is 35.4. The summed E-state index contributed by atoms with van der Waals surface area (Å²) in [6.07, 6.45) is 0. The topological polar surface area (TPSA) is 38.7 Å². The number of rotatable bonds is 7. The summed E-state index contributed by atoms with van der Waals surface area (Å²) in [6.45, 7) is 0. The van der Waals surface area contributed by atoms with Crippen molar-refractivity contribution in [1.82, 2.24) is 15.0 Å². The number of hydrogen-bond acceptors (Lipinski definition) is 3. The molecule has 1 aliphatic rings. The van der Waals surface area contributed by atoms with Crippen molar-refractivity contribution in [3.05, 3.63) is 259 Å². The van der Waals surface area contributed by atoms with Gasteiger partial charge in [-0.25, -0.2) is 15.0 Å². The molecule has 0 radical (unpaired) electrons. The molecule has 3 heteroatoms. The zero-order valence-corrected chi connectivity index (χ0v) is 35.4. The van der Waals surface area contributed by atoms with E-state index in [2.05, 4.69) is 176 Å². The minimum Gasteiger partial charge on any atom is -0.208 e. The van der Waals surface area contributed by atoms with Crippen LogP contribution in [0.4, 0.5) is 0 Å². The van der Waals surface area contributed by atoms with E-state index in [0.29, 0.717) is 17.5 Å². The van der Waals surface area contributed by atoms with Gasteiger partial charge in [0.1, 0.15) is 0 Å². The Kier molecular flexibility index (Phi) is 8.44. The maximum Gasteiger partial charge on any atom is 0.164 e. The monoisotopic (exact) mass is 825 g/mol. The molecule has 1 aliphatic carbocycles.